The summed E-state index contributed by atoms with van der Waals surface area (Å²) >= 11 is 6.10. The van der Waals surface area contributed by atoms with E-state index in [-0.39, 0.29) is 5.91 Å². The van der Waals surface area contributed by atoms with E-state index < -0.39 is 0 Å². The normalized spacial score (nSPS) is 19.4. The van der Waals surface area contributed by atoms with Crippen LogP contribution in [0.2, 0.25) is 0 Å². The van der Waals surface area contributed by atoms with E-state index in [9.17, 15) is 4.79 Å². The van der Waals surface area contributed by atoms with Crippen LogP contribution in [0.5, 0.6) is 0 Å². The Morgan fingerprint density at radius 1 is 1.22 bits per heavy atom. The van der Waals surface area contributed by atoms with Gasteiger partial charge in [0, 0.05) is 43.3 Å². The molecule has 1 amide bonds. The molecule has 5 heteroatoms. The van der Waals surface area contributed by atoms with Crippen LogP contribution in [-0.4, -0.2) is 49.0 Å². The van der Waals surface area contributed by atoms with Crippen molar-refractivity contribution in [3.05, 3.63) is 59.5 Å². The maximum atomic E-state index is 12.8. The molecule has 0 aromatic carbocycles. The van der Waals surface area contributed by atoms with Crippen LogP contribution in [-0.2, 0) is 9.53 Å². The number of hydrogen-bond acceptors (Lipinski definition) is 3. The molecule has 1 aliphatic carbocycles. The van der Waals surface area contributed by atoms with Gasteiger partial charge in [0.1, 0.15) is 5.76 Å². The van der Waals surface area contributed by atoms with E-state index in [4.69, 9.17) is 16.3 Å². The highest BCUT2D eigenvalue weighted by molar-refractivity contribution is 6.30. The Labute approximate surface area is 143 Å². The van der Waals surface area contributed by atoms with Gasteiger partial charge in [0.05, 0.1) is 12.7 Å². The second kappa shape index (κ2) is 8.06. The van der Waals surface area contributed by atoms with E-state index >= 15 is 0 Å². The molecule has 2 rings (SSSR count). The Kier molecular flexibility index (Phi) is 6.11. The molecule has 124 valence electrons. The molecule has 0 unspecified atom stereocenters. The maximum absolute atomic E-state index is 12.8. The van der Waals surface area contributed by atoms with E-state index in [0.717, 1.165) is 31.0 Å². The van der Waals surface area contributed by atoms with Gasteiger partial charge in [-0.1, -0.05) is 30.8 Å². The Hall–Kier alpha value is -1.94. The molecule has 0 saturated carbocycles. The maximum Gasteiger partial charge on any atom is 0.257 e. The minimum Gasteiger partial charge on any atom is -0.500 e. The average molecular weight is 335 g/mol. The van der Waals surface area contributed by atoms with Gasteiger partial charge < -0.3 is 14.5 Å². The van der Waals surface area contributed by atoms with Crippen LogP contribution in [0.3, 0.4) is 0 Å². The lowest BCUT2D eigenvalue weighted by Gasteiger charge is -2.37. The third kappa shape index (κ3) is 4.08. The number of allylic oxidation sites excluding steroid dienone is 5. The third-order valence-electron chi connectivity index (χ3n) is 4.10. The molecule has 1 fully saturated rings. The van der Waals surface area contributed by atoms with Gasteiger partial charge in [0.15, 0.2) is 0 Å². The van der Waals surface area contributed by atoms with Crippen molar-refractivity contribution < 1.29 is 9.53 Å². The molecule has 0 bridgehead atoms. The summed E-state index contributed by atoms with van der Waals surface area (Å²) in [5.41, 5.74) is 1.62. The van der Waals surface area contributed by atoms with E-state index in [2.05, 4.69) is 18.1 Å². The van der Waals surface area contributed by atoms with Crippen LogP contribution in [0.4, 0.5) is 0 Å². The van der Waals surface area contributed by atoms with Gasteiger partial charge in [-0.05, 0) is 24.6 Å². The standard InChI is InChI=1S/C18H23ClN2O2/c1-4-6-15(5-2)20-9-11-21(12-10-20)18(22)16-13-14(19)7-8-17(16)23-3/h4-6,13H,1-2,7-12H2,3H3/b15-6+. The number of carbonyl (C=O) groups excluding carboxylic acids is 1. The topological polar surface area (TPSA) is 32.8 Å². The summed E-state index contributed by atoms with van der Waals surface area (Å²) < 4.78 is 5.36. The minimum atomic E-state index is -0.00722. The van der Waals surface area contributed by atoms with E-state index in [1.54, 1.807) is 19.3 Å². The van der Waals surface area contributed by atoms with Crippen molar-refractivity contribution in [1.29, 1.82) is 0 Å². The lowest BCUT2D eigenvalue weighted by atomic mass is 10.0. The molecule has 2 aliphatic rings. The molecule has 0 radical (unpaired) electrons. The zero-order chi connectivity index (χ0) is 16.8. The predicted molar refractivity (Wildman–Crippen MR) is 93.8 cm³/mol. The Bertz CT molecular complexity index is 582. The monoisotopic (exact) mass is 334 g/mol. The highest BCUT2D eigenvalue weighted by Gasteiger charge is 2.27. The SMILES string of the molecule is C=C/C=C(\C=C)N1CCN(C(=O)C2=C(OC)CCC(Cl)=C2)CC1. The Morgan fingerprint density at radius 3 is 2.43 bits per heavy atom. The first kappa shape index (κ1) is 17.4. The van der Waals surface area contributed by atoms with Gasteiger partial charge in [-0.25, -0.2) is 0 Å². The number of hydrogen-bond donors (Lipinski definition) is 0. The average Bonchev–Trinajstić information content (AvgIpc) is 2.59. The summed E-state index contributed by atoms with van der Waals surface area (Å²) in [5.74, 6) is 0.715. The van der Waals surface area contributed by atoms with Crippen LogP contribution in [0, 0.1) is 0 Å². The van der Waals surface area contributed by atoms with E-state index in [1.807, 2.05) is 17.1 Å². The van der Waals surface area contributed by atoms with Gasteiger partial charge >= 0.3 is 0 Å². The predicted octanol–water partition coefficient (Wildman–Crippen LogP) is 3.20. The largest absolute Gasteiger partial charge is 0.500 e. The van der Waals surface area contributed by atoms with E-state index in [1.165, 1.54) is 0 Å². The first-order chi connectivity index (χ1) is 11.1. The number of amides is 1. The fourth-order valence-electron chi connectivity index (χ4n) is 2.83. The molecule has 4 nitrogen and oxygen atoms in total. The van der Waals surface area contributed by atoms with Gasteiger partial charge in [0.25, 0.3) is 5.91 Å². The zero-order valence-electron chi connectivity index (χ0n) is 13.6. The molecule has 1 aliphatic heterocycles. The summed E-state index contributed by atoms with van der Waals surface area (Å²) in [6.45, 7) is 10.4. The fraction of sp³-hybridized carbons (Fsp3) is 0.389. The zero-order valence-corrected chi connectivity index (χ0v) is 14.3. The molecule has 23 heavy (non-hydrogen) atoms. The van der Waals surface area contributed by atoms with Crippen LogP contribution in [0.1, 0.15) is 12.8 Å². The van der Waals surface area contributed by atoms with Crippen molar-refractivity contribution in [2.45, 2.75) is 12.8 Å². The first-order valence-electron chi connectivity index (χ1n) is 7.73. The number of nitrogens with zero attached hydrogens (tertiary/aromatic N) is 2. The summed E-state index contributed by atoms with van der Waals surface area (Å²) in [7, 11) is 1.60. The molecule has 0 aromatic heterocycles. The smallest absolute Gasteiger partial charge is 0.257 e. The van der Waals surface area contributed by atoms with Crippen LogP contribution in [0.25, 0.3) is 0 Å². The van der Waals surface area contributed by atoms with E-state index in [0.29, 0.717) is 30.1 Å². The van der Waals surface area contributed by atoms with Gasteiger partial charge in [-0.2, -0.15) is 0 Å². The molecule has 1 heterocycles. The molecule has 0 atom stereocenters. The van der Waals surface area contributed by atoms with Crippen molar-refractivity contribution in [3.63, 3.8) is 0 Å². The summed E-state index contributed by atoms with van der Waals surface area (Å²) in [6.07, 6.45) is 8.64. The summed E-state index contributed by atoms with van der Waals surface area (Å²) in [4.78, 5) is 16.8. The Balaban J connectivity index is 2.06. The number of halogens is 1. The van der Waals surface area contributed by atoms with Crippen molar-refractivity contribution in [1.82, 2.24) is 9.80 Å². The minimum absolute atomic E-state index is 0.00722. The van der Waals surface area contributed by atoms with Crippen molar-refractivity contribution in [3.8, 4) is 0 Å². The molecule has 0 aromatic rings. The van der Waals surface area contributed by atoms with Gasteiger partial charge in [0.2, 0.25) is 0 Å². The number of methoxy groups -OCH3 is 1. The lowest BCUT2D eigenvalue weighted by Crippen LogP contribution is -2.48. The molecular weight excluding hydrogens is 312 g/mol. The first-order valence-corrected chi connectivity index (χ1v) is 8.11. The van der Waals surface area contributed by atoms with Crippen molar-refractivity contribution in [2.24, 2.45) is 0 Å². The summed E-state index contributed by atoms with van der Waals surface area (Å²) in [5, 5.41) is 0.704. The third-order valence-corrected chi connectivity index (χ3v) is 4.40. The quantitative estimate of drug-likeness (QED) is 0.724. The highest BCUT2D eigenvalue weighted by Crippen LogP contribution is 2.28. The second-order valence-electron chi connectivity index (χ2n) is 5.44. The van der Waals surface area contributed by atoms with Crippen molar-refractivity contribution in [2.75, 3.05) is 33.3 Å². The number of rotatable bonds is 5. The number of carbonyl (C=O) groups is 1. The van der Waals surface area contributed by atoms with Crippen LogP contribution < -0.4 is 0 Å². The van der Waals surface area contributed by atoms with Gasteiger partial charge in [-0.3, -0.25) is 4.79 Å². The number of ether oxygens (including phenoxy) is 1. The van der Waals surface area contributed by atoms with Gasteiger partial charge in [-0.15, -0.1) is 0 Å². The van der Waals surface area contributed by atoms with Crippen molar-refractivity contribution >= 4 is 17.5 Å². The van der Waals surface area contributed by atoms with Crippen LogP contribution in [0.15, 0.2) is 59.5 Å². The Morgan fingerprint density at radius 2 is 1.87 bits per heavy atom. The second-order valence-corrected chi connectivity index (χ2v) is 5.93. The fourth-order valence-corrected chi connectivity index (χ4v) is 3.03. The van der Waals surface area contributed by atoms with Crippen LogP contribution >= 0.6 is 11.6 Å². The highest BCUT2D eigenvalue weighted by atomic mass is 35.5. The lowest BCUT2D eigenvalue weighted by molar-refractivity contribution is -0.128. The molecular formula is C18H23ClN2O2. The summed E-state index contributed by atoms with van der Waals surface area (Å²) in [6, 6.07) is 0. The molecule has 1 saturated heterocycles. The number of piperazine rings is 1. The molecule has 0 N–H and O–H groups in total. The molecule has 0 spiro atoms.